The molecule has 0 N–H and O–H groups in total. The lowest BCUT2D eigenvalue weighted by Crippen LogP contribution is -1.91. The van der Waals surface area contributed by atoms with Crippen molar-refractivity contribution >= 4 is 54.1 Å². The fourth-order valence-electron chi connectivity index (χ4n) is 6.39. The monoisotopic (exact) mass is 560 g/mol. The summed E-state index contributed by atoms with van der Waals surface area (Å²) in [7, 11) is 0. The van der Waals surface area contributed by atoms with E-state index in [0.29, 0.717) is 5.82 Å². The predicted octanol–water partition coefficient (Wildman–Crippen LogP) is 10.0. The van der Waals surface area contributed by atoms with E-state index < -0.39 is 0 Å². The van der Waals surface area contributed by atoms with Gasteiger partial charge in [0.1, 0.15) is 0 Å². The van der Waals surface area contributed by atoms with Crippen LogP contribution in [0.3, 0.4) is 0 Å². The van der Waals surface area contributed by atoms with Crippen LogP contribution < -0.4 is 0 Å². The van der Waals surface area contributed by atoms with Gasteiger partial charge in [-0.05, 0) is 56.1 Å². The smallest absolute Gasteiger partial charge is 0.159 e. The summed E-state index contributed by atoms with van der Waals surface area (Å²) in [5.74, 6) is 0.694. The Morgan fingerprint density at radius 2 is 0.932 bits per heavy atom. The Morgan fingerprint density at radius 1 is 0.364 bits per heavy atom. The highest BCUT2D eigenvalue weighted by Crippen LogP contribution is 2.37. The molecular formula is C40H24N4. The molecule has 3 aromatic heterocycles. The number of rotatable bonds is 3. The minimum atomic E-state index is 0.694. The number of aromatic nitrogens is 4. The van der Waals surface area contributed by atoms with E-state index in [9.17, 15) is 0 Å². The van der Waals surface area contributed by atoms with Crippen molar-refractivity contribution in [2.45, 2.75) is 0 Å². The molecule has 0 fully saturated rings. The maximum atomic E-state index is 4.98. The number of hydrogen-bond donors (Lipinski definition) is 0. The lowest BCUT2D eigenvalue weighted by Gasteiger charge is -2.12. The second-order valence-corrected chi connectivity index (χ2v) is 11.1. The minimum Gasteiger partial charge on any atom is -0.254 e. The van der Waals surface area contributed by atoms with Crippen LogP contribution in [0.2, 0.25) is 0 Å². The van der Waals surface area contributed by atoms with Crippen LogP contribution in [0, 0.1) is 0 Å². The molecule has 6 aromatic carbocycles. The zero-order valence-electron chi connectivity index (χ0n) is 23.6. The second-order valence-electron chi connectivity index (χ2n) is 11.1. The zero-order valence-corrected chi connectivity index (χ0v) is 23.6. The van der Waals surface area contributed by atoms with Gasteiger partial charge in [0, 0.05) is 46.1 Å². The van der Waals surface area contributed by atoms with Crippen LogP contribution in [0.25, 0.3) is 87.9 Å². The standard InChI is InChI=1S/C40H24N4/c1-2-9-33-31(7-1)32-8-3-4-10-34(32)36-22-29(17-19-35(33)36)30-23-42-40(43-24-30)28-15-11-25(12-16-28)37-20-18-27-14-13-26-6-5-21-41-38(26)39(27)44-37/h1-24H. The summed E-state index contributed by atoms with van der Waals surface area (Å²) in [4.78, 5) is 19.1. The Kier molecular flexibility index (Phi) is 5.47. The van der Waals surface area contributed by atoms with E-state index in [1.165, 1.54) is 32.3 Å². The maximum absolute atomic E-state index is 4.98. The van der Waals surface area contributed by atoms with E-state index in [1.807, 2.05) is 24.7 Å². The van der Waals surface area contributed by atoms with Crippen LogP contribution in [-0.2, 0) is 0 Å². The van der Waals surface area contributed by atoms with Crippen molar-refractivity contribution < 1.29 is 0 Å². The van der Waals surface area contributed by atoms with Crippen molar-refractivity contribution in [3.8, 4) is 33.8 Å². The summed E-state index contributed by atoms with van der Waals surface area (Å²) in [6, 6.07) is 44.6. The van der Waals surface area contributed by atoms with Crippen LogP contribution in [-0.4, -0.2) is 19.9 Å². The van der Waals surface area contributed by atoms with Gasteiger partial charge < -0.3 is 0 Å². The van der Waals surface area contributed by atoms with E-state index in [4.69, 9.17) is 15.0 Å². The Morgan fingerprint density at radius 3 is 1.64 bits per heavy atom. The molecule has 4 nitrogen and oxygen atoms in total. The molecule has 0 aliphatic rings. The van der Waals surface area contributed by atoms with Gasteiger partial charge >= 0.3 is 0 Å². The molecule has 204 valence electrons. The first-order valence-corrected chi connectivity index (χ1v) is 14.7. The van der Waals surface area contributed by atoms with Gasteiger partial charge in [-0.25, -0.2) is 15.0 Å². The average molecular weight is 561 g/mol. The lowest BCUT2D eigenvalue weighted by molar-refractivity contribution is 1.18. The molecule has 0 amide bonds. The summed E-state index contributed by atoms with van der Waals surface area (Å²) in [5.41, 5.74) is 6.84. The molecule has 0 atom stereocenters. The SMILES string of the molecule is c1cnc2c(c1)ccc1ccc(-c3ccc(-c4ncc(-c5ccc6c7ccccc7c7ccccc7c6c5)cn4)cc3)nc12. The lowest BCUT2D eigenvalue weighted by atomic mass is 9.92. The third kappa shape index (κ3) is 3.92. The van der Waals surface area contributed by atoms with Gasteiger partial charge in [0.25, 0.3) is 0 Å². The van der Waals surface area contributed by atoms with Crippen LogP contribution in [0.1, 0.15) is 0 Å². The first kappa shape index (κ1) is 24.6. The van der Waals surface area contributed by atoms with Gasteiger partial charge in [-0.1, -0.05) is 109 Å². The fraction of sp³-hybridized carbons (Fsp3) is 0. The van der Waals surface area contributed by atoms with Crippen LogP contribution in [0.15, 0.2) is 146 Å². The molecule has 0 aliphatic carbocycles. The second kappa shape index (κ2) is 9.79. The molecule has 0 bridgehead atoms. The van der Waals surface area contributed by atoms with E-state index in [-0.39, 0.29) is 0 Å². The van der Waals surface area contributed by atoms with Crippen molar-refractivity contribution in [2.24, 2.45) is 0 Å². The molecule has 9 rings (SSSR count). The van der Waals surface area contributed by atoms with E-state index >= 15 is 0 Å². The van der Waals surface area contributed by atoms with Crippen molar-refractivity contribution in [1.29, 1.82) is 0 Å². The minimum absolute atomic E-state index is 0.694. The van der Waals surface area contributed by atoms with E-state index in [1.54, 1.807) is 0 Å². The topological polar surface area (TPSA) is 51.6 Å². The molecule has 0 saturated heterocycles. The normalized spacial score (nSPS) is 11.6. The van der Waals surface area contributed by atoms with Gasteiger partial charge in [-0.15, -0.1) is 0 Å². The quantitative estimate of drug-likeness (QED) is 0.202. The summed E-state index contributed by atoms with van der Waals surface area (Å²) in [6.45, 7) is 0. The number of hydrogen-bond acceptors (Lipinski definition) is 4. The van der Waals surface area contributed by atoms with Gasteiger partial charge in [-0.3, -0.25) is 4.98 Å². The third-order valence-electron chi connectivity index (χ3n) is 8.60. The molecular weight excluding hydrogens is 536 g/mol. The van der Waals surface area contributed by atoms with Crippen LogP contribution in [0.4, 0.5) is 0 Å². The average Bonchev–Trinajstić information content (AvgIpc) is 3.11. The Hall–Kier alpha value is -6.00. The zero-order chi connectivity index (χ0) is 29.0. The molecule has 0 aliphatic heterocycles. The first-order chi connectivity index (χ1) is 21.8. The highest BCUT2D eigenvalue weighted by atomic mass is 14.9. The summed E-state index contributed by atoms with van der Waals surface area (Å²) >= 11 is 0. The largest absolute Gasteiger partial charge is 0.254 e. The van der Waals surface area contributed by atoms with Crippen LogP contribution >= 0.6 is 0 Å². The molecule has 0 unspecified atom stereocenters. The number of fused-ring (bicyclic) bond motifs is 9. The molecule has 3 heterocycles. The van der Waals surface area contributed by atoms with E-state index in [2.05, 4.69) is 126 Å². The number of nitrogens with zero attached hydrogens (tertiary/aromatic N) is 4. The van der Waals surface area contributed by atoms with Gasteiger partial charge in [0.05, 0.1) is 16.7 Å². The molecule has 4 heteroatoms. The number of pyridine rings is 2. The molecule has 9 aromatic rings. The molecule has 0 radical (unpaired) electrons. The van der Waals surface area contributed by atoms with Crippen LogP contribution in [0.5, 0.6) is 0 Å². The van der Waals surface area contributed by atoms with Crippen molar-refractivity contribution in [1.82, 2.24) is 19.9 Å². The van der Waals surface area contributed by atoms with Crippen molar-refractivity contribution in [3.63, 3.8) is 0 Å². The highest BCUT2D eigenvalue weighted by Gasteiger charge is 2.11. The first-order valence-electron chi connectivity index (χ1n) is 14.7. The highest BCUT2D eigenvalue weighted by molar-refractivity contribution is 6.25. The van der Waals surface area contributed by atoms with Crippen molar-refractivity contribution in [2.75, 3.05) is 0 Å². The van der Waals surface area contributed by atoms with E-state index in [0.717, 1.165) is 49.8 Å². The third-order valence-corrected chi connectivity index (χ3v) is 8.60. The van der Waals surface area contributed by atoms with Gasteiger partial charge in [0.2, 0.25) is 0 Å². The van der Waals surface area contributed by atoms with Gasteiger partial charge in [0.15, 0.2) is 5.82 Å². The summed E-state index contributed by atoms with van der Waals surface area (Å²) in [5, 5.41) is 9.74. The summed E-state index contributed by atoms with van der Waals surface area (Å²) < 4.78 is 0. The fourth-order valence-corrected chi connectivity index (χ4v) is 6.39. The predicted molar refractivity (Wildman–Crippen MR) is 181 cm³/mol. The Bertz CT molecular complexity index is 2500. The Balaban J connectivity index is 1.05. The van der Waals surface area contributed by atoms with Crippen molar-refractivity contribution in [3.05, 3.63) is 146 Å². The molecule has 0 spiro atoms. The Labute approximate surface area is 253 Å². The van der Waals surface area contributed by atoms with Gasteiger partial charge in [-0.2, -0.15) is 0 Å². The molecule has 44 heavy (non-hydrogen) atoms. The summed E-state index contributed by atoms with van der Waals surface area (Å²) in [6.07, 6.45) is 5.66. The molecule has 0 saturated carbocycles. The number of benzene rings is 6. The maximum Gasteiger partial charge on any atom is 0.159 e.